The van der Waals surface area contributed by atoms with E-state index in [4.69, 9.17) is 35.3 Å². The van der Waals surface area contributed by atoms with Gasteiger partial charge in [0.05, 0.1) is 41.9 Å². The number of esters is 1. The first-order valence-corrected chi connectivity index (χ1v) is 26.0. The van der Waals surface area contributed by atoms with Gasteiger partial charge in [-0.05, 0) is 120 Å². The largest absolute Gasteiger partial charge is 0.446 e. The molecule has 0 radical (unpaired) electrons. The summed E-state index contributed by atoms with van der Waals surface area (Å²) in [4.78, 5) is 86.6. The molecule has 71 heavy (non-hydrogen) atoms. The molecule has 0 unspecified atom stereocenters. The minimum Gasteiger partial charge on any atom is -0.446 e. The zero-order valence-corrected chi connectivity index (χ0v) is 45.0. The summed E-state index contributed by atoms with van der Waals surface area (Å²) in [6, 6.07) is 2.14. The molecule has 3 aliphatic rings. The molecule has 2 bridgehead atoms. The number of Topliss-reactive ketones (excluding diaryl/α,β-unsaturated/α-hetero) is 1. The molecular formula is C48H70FIN8O12S. The summed E-state index contributed by atoms with van der Waals surface area (Å²) in [6.07, 6.45) is -1.84. The van der Waals surface area contributed by atoms with Crippen molar-refractivity contribution < 1.29 is 62.4 Å². The summed E-state index contributed by atoms with van der Waals surface area (Å²) >= 11 is 3.00. The quantitative estimate of drug-likeness (QED) is 0.0600. The number of nitrogens with two attached hydrogens (primary N) is 2. The highest BCUT2D eigenvalue weighted by Gasteiger charge is 2.56. The lowest BCUT2D eigenvalue weighted by molar-refractivity contribution is -0.296. The molecule has 394 valence electrons. The van der Waals surface area contributed by atoms with Crippen LogP contribution in [-0.4, -0.2) is 144 Å². The number of cyclic esters (lactones) is 1. The van der Waals surface area contributed by atoms with Gasteiger partial charge in [0.1, 0.15) is 22.5 Å². The Balaban J connectivity index is 1.53. The third-order valence-electron chi connectivity index (χ3n) is 13.7. The highest BCUT2D eigenvalue weighted by molar-refractivity contribution is 14.1. The van der Waals surface area contributed by atoms with Crippen molar-refractivity contribution in [3.63, 3.8) is 0 Å². The van der Waals surface area contributed by atoms with E-state index >= 15 is 4.39 Å². The number of ether oxygens (including phenoxy) is 4. The smallest absolute Gasteiger partial charge is 0.352 e. The van der Waals surface area contributed by atoms with Crippen molar-refractivity contribution in [3.8, 4) is 10.6 Å². The lowest BCUT2D eigenvalue weighted by Crippen LogP contribution is -2.61. The molecule has 14 atom stereocenters. The molecule has 0 saturated carbocycles. The van der Waals surface area contributed by atoms with Crippen molar-refractivity contribution in [2.45, 2.75) is 165 Å². The molecule has 3 fully saturated rings. The number of fused-ring (bicyclic) bond motifs is 5. The van der Waals surface area contributed by atoms with E-state index in [1.54, 1.807) is 60.1 Å². The number of rotatable bonds is 13. The van der Waals surface area contributed by atoms with Gasteiger partial charge in [0, 0.05) is 53.6 Å². The topological polar surface area (TPSA) is 290 Å². The Morgan fingerprint density at radius 2 is 1.85 bits per heavy atom. The number of aliphatic imine (C=N–C) groups is 1. The van der Waals surface area contributed by atoms with E-state index in [0.717, 1.165) is 6.92 Å². The Bertz CT molecular complexity index is 2280. The number of nitrogens with one attached hydrogen (secondary N) is 1. The number of aliphatic hydroxyl groups excluding tert-OH is 1. The fourth-order valence-electron chi connectivity index (χ4n) is 9.51. The molecule has 0 spiro atoms. The Kier molecular flexibility index (Phi) is 19.9. The molecule has 2 aromatic heterocycles. The number of primary amides is 1. The molecule has 20 nitrogen and oxygen atoms in total. The van der Waals surface area contributed by atoms with Crippen LogP contribution in [0, 0.1) is 23.7 Å². The van der Waals surface area contributed by atoms with Gasteiger partial charge >= 0.3 is 5.97 Å². The number of amides is 3. The summed E-state index contributed by atoms with van der Waals surface area (Å²) < 4.78 is 41.0. The SMILES string of the molecule is CCC(=O)N=C1[C@H](C)C[C@@]2(C)OC/C(=N/OCc3ccc(-c4nc(NC(=O)[C@@H](N)CCC(N)=O)cs4)cn3)CC[C@H]([C@H]1C)[C@](C)(O)[C@@H](I)OC(=O)[C@@](C)(F)C(=O)[C@H](C)[C@H]2O[C@@H]1O[C@H](C)C[C@H](N(C)C)[C@H]1O. The molecule has 0 aliphatic carbocycles. The zero-order chi connectivity index (χ0) is 52.7. The number of alkyl halides is 2. The van der Waals surface area contributed by atoms with Crippen LogP contribution < -0.4 is 16.8 Å². The number of hydrogen-bond donors (Lipinski definition) is 5. The summed E-state index contributed by atoms with van der Waals surface area (Å²) in [5, 5.41) is 33.5. The standard InChI is InChI=1S/C48H70FIN8O12S/c1-11-36(60)56-37-24(2)19-46(6)40(69-43-38(61)33(58(9)10)18-25(3)68-43)27(5)39(62)47(7,49)45(64)70-44(50)48(8,65)31(26(37)4)15-14-30(21-66-46)57-67-22-29-13-12-28(20-53-29)42-55-35(23-71-42)54-41(63)32(51)16-17-34(52)59/h12-13,20,23-27,31-33,38,40,43-44,61,65H,11,14-19,21-22,51H2,1-10H3,(H2,52,59)(H,54,63)/b56-37?,57-30+/t24-,25-,26-,27+,31-,32+,33+,38-,40-,43+,44+,46-,47+,48+/m1/s1. The average Bonchev–Trinajstić information content (AvgIpc) is 3.78. The number of carbonyl (C=O) groups is 5. The second kappa shape index (κ2) is 24.4. The number of halogens is 2. The molecule has 5 heterocycles. The lowest BCUT2D eigenvalue weighted by Gasteiger charge is -2.47. The maximum atomic E-state index is 16.9. The first-order valence-electron chi connectivity index (χ1n) is 23.8. The average molecular weight is 1130 g/mol. The van der Waals surface area contributed by atoms with Gasteiger partial charge in [-0.1, -0.05) is 32.9 Å². The molecular weight excluding hydrogens is 1060 g/mol. The third-order valence-corrected chi connectivity index (χ3v) is 16.1. The van der Waals surface area contributed by atoms with E-state index in [0.29, 0.717) is 34.1 Å². The van der Waals surface area contributed by atoms with E-state index in [2.05, 4.69) is 25.4 Å². The number of aromatic nitrogens is 2. The van der Waals surface area contributed by atoms with Crippen molar-refractivity contribution in [2.75, 3.05) is 26.0 Å². The van der Waals surface area contributed by atoms with Crippen LogP contribution in [0.25, 0.3) is 10.6 Å². The number of carbonyl (C=O) groups excluding carboxylic acids is 5. The second-order valence-corrected chi connectivity index (χ2v) is 21.8. The van der Waals surface area contributed by atoms with Crippen LogP contribution >= 0.6 is 33.9 Å². The minimum atomic E-state index is -3.22. The number of anilines is 1. The first-order chi connectivity index (χ1) is 33.2. The number of likely N-dealkylation sites (N-methyl/N-ethyl adjacent to an activating group) is 1. The van der Waals surface area contributed by atoms with Crippen molar-refractivity contribution in [3.05, 3.63) is 29.4 Å². The molecule has 5 rings (SSSR count). The number of hydrogen-bond acceptors (Lipinski definition) is 18. The zero-order valence-electron chi connectivity index (χ0n) is 42.1. The van der Waals surface area contributed by atoms with Crippen LogP contribution in [0.4, 0.5) is 10.2 Å². The molecule has 7 N–H and O–H groups in total. The predicted octanol–water partition coefficient (Wildman–Crippen LogP) is 4.65. The Hall–Kier alpha value is -3.95. The van der Waals surface area contributed by atoms with E-state index in [1.165, 1.54) is 25.2 Å². The first kappa shape index (κ1) is 57.9. The fourth-order valence-corrected chi connectivity index (χ4v) is 10.9. The van der Waals surface area contributed by atoms with E-state index < -0.39 is 111 Å². The maximum absolute atomic E-state index is 16.9. The highest BCUT2D eigenvalue weighted by Crippen LogP contribution is 2.44. The molecule has 3 amide bonds. The number of aliphatic hydroxyl groups is 2. The highest BCUT2D eigenvalue weighted by atomic mass is 127. The second-order valence-electron chi connectivity index (χ2n) is 19.8. The van der Waals surface area contributed by atoms with Crippen molar-refractivity contribution >= 4 is 80.6 Å². The summed E-state index contributed by atoms with van der Waals surface area (Å²) in [7, 11) is 3.62. The van der Waals surface area contributed by atoms with Crippen molar-refractivity contribution in [1.29, 1.82) is 0 Å². The van der Waals surface area contributed by atoms with Crippen LogP contribution in [0.3, 0.4) is 0 Å². The molecule has 23 heteroatoms. The number of nitrogens with zero attached hydrogens (tertiary/aromatic N) is 5. The van der Waals surface area contributed by atoms with Crippen LogP contribution in [0.5, 0.6) is 0 Å². The van der Waals surface area contributed by atoms with E-state index in [1.807, 2.05) is 39.8 Å². The van der Waals surface area contributed by atoms with E-state index in [-0.39, 0.29) is 57.6 Å². The fraction of sp³-hybridized carbons (Fsp3) is 0.688. The Morgan fingerprint density at radius 1 is 1.14 bits per heavy atom. The summed E-state index contributed by atoms with van der Waals surface area (Å²) in [5.74, 6) is -7.39. The molecule has 0 aromatic carbocycles. The maximum Gasteiger partial charge on any atom is 0.352 e. The number of thiazole rings is 1. The predicted molar refractivity (Wildman–Crippen MR) is 271 cm³/mol. The van der Waals surface area contributed by atoms with E-state index in [9.17, 15) is 34.2 Å². The normalized spacial score (nSPS) is 35.0. The van der Waals surface area contributed by atoms with Gasteiger partial charge < -0.3 is 55.7 Å². The molecule has 2 aromatic rings. The van der Waals surface area contributed by atoms with Crippen LogP contribution in [0.15, 0.2) is 33.9 Å². The number of ketones is 1. The Labute approximate surface area is 431 Å². The lowest BCUT2D eigenvalue weighted by atomic mass is 9.70. The van der Waals surface area contributed by atoms with Crippen molar-refractivity contribution in [2.24, 2.45) is 45.3 Å². The van der Waals surface area contributed by atoms with Crippen LogP contribution in [0.1, 0.15) is 106 Å². The molecule has 3 saturated heterocycles. The van der Waals surface area contributed by atoms with Gasteiger partial charge in [-0.15, -0.1) is 11.3 Å². The van der Waals surface area contributed by atoms with Gasteiger partial charge in [0.15, 0.2) is 22.8 Å². The number of oxime groups is 1. The third kappa shape index (κ3) is 14.2. The van der Waals surface area contributed by atoms with Crippen LogP contribution in [-0.2, 0) is 54.4 Å². The minimum absolute atomic E-state index is 0.0166. The van der Waals surface area contributed by atoms with Crippen molar-refractivity contribution in [1.82, 2.24) is 14.9 Å². The Morgan fingerprint density at radius 3 is 2.48 bits per heavy atom. The summed E-state index contributed by atoms with van der Waals surface area (Å²) in [6.45, 7) is 12.3. The van der Waals surface area contributed by atoms with Gasteiger partial charge in [0.25, 0.3) is 5.67 Å². The van der Waals surface area contributed by atoms with Gasteiger partial charge in [0.2, 0.25) is 17.7 Å². The molecule has 3 aliphatic heterocycles. The van der Waals surface area contributed by atoms with Crippen LogP contribution in [0.2, 0.25) is 0 Å². The summed E-state index contributed by atoms with van der Waals surface area (Å²) in [5.41, 5.74) is 6.31. The van der Waals surface area contributed by atoms with Gasteiger partial charge in [-0.2, -0.15) is 0 Å². The monoisotopic (exact) mass is 1130 g/mol. The van der Waals surface area contributed by atoms with Gasteiger partial charge in [-0.25, -0.2) is 19.2 Å². The number of pyridine rings is 1. The van der Waals surface area contributed by atoms with Gasteiger partial charge in [-0.3, -0.25) is 24.2 Å².